The number of halogens is 4. The van der Waals surface area contributed by atoms with Crippen molar-refractivity contribution >= 4 is 33.2 Å². The molecule has 0 bridgehead atoms. The first-order valence-electron chi connectivity index (χ1n) is 9.38. The van der Waals surface area contributed by atoms with E-state index in [2.05, 4.69) is 5.32 Å². The molecule has 0 aromatic heterocycles. The molecule has 1 fully saturated rings. The van der Waals surface area contributed by atoms with E-state index in [0.717, 1.165) is 31.0 Å². The molecule has 1 saturated heterocycles. The molecule has 1 aliphatic rings. The molecule has 3 rings (SSSR count). The van der Waals surface area contributed by atoms with Crippen molar-refractivity contribution in [2.24, 2.45) is 0 Å². The maximum atomic E-state index is 12.8. The Labute approximate surface area is 183 Å². The van der Waals surface area contributed by atoms with Gasteiger partial charge in [-0.25, -0.2) is 8.42 Å². The number of carbonyl (C=O) groups excluding carboxylic acids is 1. The number of rotatable bonds is 6. The number of nitrogens with one attached hydrogen (secondary N) is 1. The third kappa shape index (κ3) is 5.50. The minimum Gasteiger partial charge on any atom is -0.483 e. The van der Waals surface area contributed by atoms with Gasteiger partial charge in [-0.3, -0.25) is 4.79 Å². The highest BCUT2D eigenvalue weighted by atomic mass is 35.5. The lowest BCUT2D eigenvalue weighted by Crippen LogP contribution is -2.27. The molecule has 1 aliphatic heterocycles. The Morgan fingerprint density at radius 3 is 2.45 bits per heavy atom. The van der Waals surface area contributed by atoms with Crippen LogP contribution in [0.1, 0.15) is 24.0 Å². The number of hydrogen-bond donors (Lipinski definition) is 1. The Morgan fingerprint density at radius 1 is 1.16 bits per heavy atom. The van der Waals surface area contributed by atoms with E-state index >= 15 is 0 Å². The standard InChI is InChI=1S/C20H20ClF3N2O4S/c1-13-10-15(31(28,29)26-8-2-3-9-26)5-7-18(13)30-12-19(27)25-17-11-14(20(22,23)24)4-6-16(17)21/h4-7,10-11H,2-3,8-9,12H2,1H3,(H,25,27). The highest BCUT2D eigenvalue weighted by Gasteiger charge is 2.31. The van der Waals surface area contributed by atoms with Crippen LogP contribution in [0.4, 0.5) is 18.9 Å². The van der Waals surface area contributed by atoms with E-state index in [0.29, 0.717) is 18.7 Å². The molecule has 0 saturated carbocycles. The van der Waals surface area contributed by atoms with Crippen molar-refractivity contribution in [3.05, 3.63) is 52.5 Å². The molecule has 6 nitrogen and oxygen atoms in total. The number of hydrogen-bond acceptors (Lipinski definition) is 4. The Balaban J connectivity index is 1.66. The predicted molar refractivity (Wildman–Crippen MR) is 110 cm³/mol. The van der Waals surface area contributed by atoms with Gasteiger partial charge in [0.15, 0.2) is 6.61 Å². The summed E-state index contributed by atoms with van der Waals surface area (Å²) in [7, 11) is -3.58. The SMILES string of the molecule is Cc1cc(S(=O)(=O)N2CCCC2)ccc1OCC(=O)Nc1cc(C(F)(F)F)ccc1Cl. The number of alkyl halides is 3. The molecule has 0 aliphatic carbocycles. The molecule has 0 radical (unpaired) electrons. The second kappa shape index (κ2) is 9.05. The van der Waals surface area contributed by atoms with Gasteiger partial charge in [0.1, 0.15) is 5.75 Å². The number of ether oxygens (including phenoxy) is 1. The van der Waals surface area contributed by atoms with E-state index in [1.165, 1.54) is 22.5 Å². The summed E-state index contributed by atoms with van der Waals surface area (Å²) < 4.78 is 70.6. The van der Waals surface area contributed by atoms with E-state index in [4.69, 9.17) is 16.3 Å². The molecule has 2 aromatic carbocycles. The van der Waals surface area contributed by atoms with E-state index < -0.39 is 34.3 Å². The van der Waals surface area contributed by atoms with Gasteiger partial charge in [-0.1, -0.05) is 11.6 Å². The van der Waals surface area contributed by atoms with Gasteiger partial charge in [0, 0.05) is 13.1 Å². The van der Waals surface area contributed by atoms with Crippen molar-refractivity contribution in [2.45, 2.75) is 30.8 Å². The molecule has 1 amide bonds. The van der Waals surface area contributed by atoms with Gasteiger partial charge < -0.3 is 10.1 Å². The summed E-state index contributed by atoms with van der Waals surface area (Å²) in [5.41, 5.74) is -0.627. The number of carbonyl (C=O) groups is 1. The van der Waals surface area contributed by atoms with Crippen LogP contribution >= 0.6 is 11.6 Å². The van der Waals surface area contributed by atoms with Gasteiger partial charge in [0.05, 0.1) is 21.2 Å². The van der Waals surface area contributed by atoms with E-state index in [9.17, 15) is 26.4 Å². The van der Waals surface area contributed by atoms with Crippen LogP contribution in [0, 0.1) is 6.92 Å². The fourth-order valence-corrected chi connectivity index (χ4v) is 4.92. The normalized spacial score (nSPS) is 15.1. The number of aryl methyl sites for hydroxylation is 1. The third-order valence-electron chi connectivity index (χ3n) is 4.78. The minimum atomic E-state index is -4.57. The van der Waals surface area contributed by atoms with Crippen molar-refractivity contribution in [2.75, 3.05) is 25.0 Å². The largest absolute Gasteiger partial charge is 0.483 e. The second-order valence-corrected chi connectivity index (χ2v) is 9.41. The Hall–Kier alpha value is -2.30. The van der Waals surface area contributed by atoms with Crippen LogP contribution in [0.5, 0.6) is 5.75 Å². The maximum absolute atomic E-state index is 12.8. The third-order valence-corrected chi connectivity index (χ3v) is 7.00. The minimum absolute atomic E-state index is 0.0472. The van der Waals surface area contributed by atoms with Crippen molar-refractivity contribution < 1.29 is 31.1 Å². The topological polar surface area (TPSA) is 75.7 Å². The van der Waals surface area contributed by atoms with Gasteiger partial charge in [0.2, 0.25) is 10.0 Å². The number of sulfonamides is 1. The Bertz CT molecular complexity index is 1080. The maximum Gasteiger partial charge on any atom is 0.416 e. The van der Waals surface area contributed by atoms with Gasteiger partial charge >= 0.3 is 6.18 Å². The molecule has 168 valence electrons. The number of amides is 1. The van der Waals surface area contributed by atoms with Crippen LogP contribution in [-0.4, -0.2) is 38.3 Å². The first-order valence-corrected chi connectivity index (χ1v) is 11.2. The molecule has 1 N–H and O–H groups in total. The predicted octanol–water partition coefficient (Wildman–Crippen LogP) is 4.47. The number of benzene rings is 2. The van der Waals surface area contributed by atoms with Crippen LogP contribution in [0.15, 0.2) is 41.3 Å². The molecular weight excluding hydrogens is 457 g/mol. The van der Waals surface area contributed by atoms with Crippen LogP contribution in [0.2, 0.25) is 5.02 Å². The second-order valence-electron chi connectivity index (χ2n) is 7.07. The summed E-state index contributed by atoms with van der Waals surface area (Å²) >= 11 is 5.86. The average molecular weight is 477 g/mol. The zero-order chi connectivity index (χ0) is 22.8. The highest BCUT2D eigenvalue weighted by molar-refractivity contribution is 7.89. The molecule has 31 heavy (non-hydrogen) atoms. The van der Waals surface area contributed by atoms with E-state index in [-0.39, 0.29) is 21.4 Å². The van der Waals surface area contributed by atoms with Crippen LogP contribution in [-0.2, 0) is 21.0 Å². The zero-order valence-corrected chi connectivity index (χ0v) is 18.1. The summed E-state index contributed by atoms with van der Waals surface area (Å²) in [4.78, 5) is 12.3. The van der Waals surface area contributed by atoms with E-state index in [1.54, 1.807) is 6.92 Å². The van der Waals surface area contributed by atoms with Crippen molar-refractivity contribution in [3.63, 3.8) is 0 Å². The average Bonchev–Trinajstić information content (AvgIpc) is 3.23. The van der Waals surface area contributed by atoms with Gasteiger partial charge in [-0.15, -0.1) is 0 Å². The summed E-state index contributed by atoms with van der Waals surface area (Å²) in [6, 6.07) is 6.91. The molecule has 0 spiro atoms. The van der Waals surface area contributed by atoms with Gasteiger partial charge in [0.25, 0.3) is 5.91 Å². The smallest absolute Gasteiger partial charge is 0.416 e. The molecule has 1 heterocycles. The molecular formula is C20H20ClF3N2O4S. The molecule has 0 atom stereocenters. The fourth-order valence-electron chi connectivity index (χ4n) is 3.15. The van der Waals surface area contributed by atoms with Crippen molar-refractivity contribution in [1.29, 1.82) is 0 Å². The van der Waals surface area contributed by atoms with E-state index in [1.807, 2.05) is 0 Å². The van der Waals surface area contributed by atoms with Crippen LogP contribution < -0.4 is 10.1 Å². The summed E-state index contributed by atoms with van der Waals surface area (Å²) in [5, 5.41) is 2.24. The van der Waals surface area contributed by atoms with Crippen LogP contribution in [0.25, 0.3) is 0 Å². The first kappa shape index (κ1) is 23.4. The monoisotopic (exact) mass is 476 g/mol. The summed E-state index contributed by atoms with van der Waals surface area (Å²) in [6.07, 6.45) is -2.93. The number of nitrogens with zero attached hydrogens (tertiary/aromatic N) is 1. The lowest BCUT2D eigenvalue weighted by molar-refractivity contribution is -0.137. The summed E-state index contributed by atoms with van der Waals surface area (Å²) in [5.74, 6) is -0.431. The molecule has 2 aromatic rings. The lowest BCUT2D eigenvalue weighted by atomic mass is 10.2. The number of anilines is 1. The van der Waals surface area contributed by atoms with Gasteiger partial charge in [-0.05, 0) is 61.7 Å². The van der Waals surface area contributed by atoms with Crippen LogP contribution in [0.3, 0.4) is 0 Å². The lowest BCUT2D eigenvalue weighted by Gasteiger charge is -2.17. The zero-order valence-electron chi connectivity index (χ0n) is 16.5. The quantitative estimate of drug-likeness (QED) is 0.667. The highest BCUT2D eigenvalue weighted by Crippen LogP contribution is 2.34. The Kier molecular flexibility index (Phi) is 6.82. The molecule has 11 heteroatoms. The van der Waals surface area contributed by atoms with Crippen molar-refractivity contribution in [1.82, 2.24) is 4.31 Å². The molecule has 0 unspecified atom stereocenters. The van der Waals surface area contributed by atoms with Crippen molar-refractivity contribution in [3.8, 4) is 5.75 Å². The first-order chi connectivity index (χ1) is 14.5. The van der Waals surface area contributed by atoms with Gasteiger partial charge in [-0.2, -0.15) is 17.5 Å². The summed E-state index contributed by atoms with van der Waals surface area (Å²) in [6.45, 7) is 2.11. The fraction of sp³-hybridized carbons (Fsp3) is 0.350. The Morgan fingerprint density at radius 2 is 1.84 bits per heavy atom.